The molecule has 21 heavy (non-hydrogen) atoms. The maximum absolute atomic E-state index is 13.2. The van der Waals surface area contributed by atoms with Crippen molar-refractivity contribution in [1.82, 2.24) is 5.32 Å². The quantitative estimate of drug-likeness (QED) is 0.868. The van der Waals surface area contributed by atoms with Gasteiger partial charge >= 0.3 is 5.97 Å². The van der Waals surface area contributed by atoms with E-state index in [0.717, 1.165) is 25.3 Å². The summed E-state index contributed by atoms with van der Waals surface area (Å²) in [4.78, 5) is 12.0. The summed E-state index contributed by atoms with van der Waals surface area (Å²) in [5.74, 6) is -1.09. The third kappa shape index (κ3) is 2.67. The highest BCUT2D eigenvalue weighted by atomic mass is 19.2. The molecule has 0 radical (unpaired) electrons. The van der Waals surface area contributed by atoms with Gasteiger partial charge in [0.05, 0.1) is 13.0 Å². The molecule has 0 aromatic heterocycles. The Hall–Kier alpha value is -1.49. The van der Waals surface area contributed by atoms with Crippen LogP contribution >= 0.6 is 0 Å². The molecule has 2 aliphatic rings. The van der Waals surface area contributed by atoms with Crippen molar-refractivity contribution in [1.29, 1.82) is 0 Å². The third-order valence-corrected chi connectivity index (χ3v) is 4.92. The zero-order chi connectivity index (χ0) is 15.0. The largest absolute Gasteiger partial charge is 0.469 e. The molecule has 2 aliphatic carbocycles. The molecule has 0 spiro atoms. The van der Waals surface area contributed by atoms with Gasteiger partial charge in [0.25, 0.3) is 0 Å². The second-order valence-electron chi connectivity index (χ2n) is 6.04. The van der Waals surface area contributed by atoms with Crippen molar-refractivity contribution < 1.29 is 18.3 Å². The number of carbonyl (C=O) groups excluding carboxylic acids is 1. The van der Waals surface area contributed by atoms with Gasteiger partial charge in [-0.3, -0.25) is 4.79 Å². The maximum Gasteiger partial charge on any atom is 0.310 e. The van der Waals surface area contributed by atoms with Crippen molar-refractivity contribution in [2.24, 2.45) is 17.8 Å². The van der Waals surface area contributed by atoms with Gasteiger partial charge in [0.2, 0.25) is 0 Å². The Labute approximate surface area is 122 Å². The molecule has 2 bridgehead atoms. The monoisotopic (exact) mass is 295 g/mol. The highest BCUT2D eigenvalue weighted by Gasteiger charge is 2.51. The Morgan fingerprint density at radius 2 is 2.05 bits per heavy atom. The Morgan fingerprint density at radius 3 is 2.76 bits per heavy atom. The smallest absolute Gasteiger partial charge is 0.310 e. The van der Waals surface area contributed by atoms with Gasteiger partial charge < -0.3 is 10.1 Å². The summed E-state index contributed by atoms with van der Waals surface area (Å²) in [6, 6.07) is 3.96. The van der Waals surface area contributed by atoms with Crippen LogP contribution in [0.5, 0.6) is 0 Å². The summed E-state index contributed by atoms with van der Waals surface area (Å²) >= 11 is 0. The van der Waals surface area contributed by atoms with E-state index in [9.17, 15) is 13.6 Å². The van der Waals surface area contributed by atoms with Gasteiger partial charge in [-0.2, -0.15) is 0 Å². The van der Waals surface area contributed by atoms with Crippen LogP contribution in [0, 0.1) is 29.4 Å². The second kappa shape index (κ2) is 5.72. The molecule has 1 N–H and O–H groups in total. The fourth-order valence-corrected chi connectivity index (χ4v) is 3.95. The summed E-state index contributed by atoms with van der Waals surface area (Å²) in [7, 11) is 1.42. The lowest BCUT2D eigenvalue weighted by Crippen LogP contribution is -2.44. The van der Waals surface area contributed by atoms with E-state index in [1.54, 1.807) is 6.07 Å². The van der Waals surface area contributed by atoms with Crippen LogP contribution in [0.4, 0.5) is 8.78 Å². The van der Waals surface area contributed by atoms with Gasteiger partial charge in [0, 0.05) is 12.6 Å². The summed E-state index contributed by atoms with van der Waals surface area (Å²) in [6.45, 7) is 0.429. The molecule has 0 aliphatic heterocycles. The summed E-state index contributed by atoms with van der Waals surface area (Å²) in [5.41, 5.74) is 0.681. The van der Waals surface area contributed by atoms with Gasteiger partial charge in [0.1, 0.15) is 0 Å². The number of esters is 1. The van der Waals surface area contributed by atoms with Crippen LogP contribution in [-0.4, -0.2) is 19.1 Å². The molecule has 1 aromatic rings. The predicted molar refractivity (Wildman–Crippen MR) is 73.3 cm³/mol. The normalized spacial score (nSPS) is 30.6. The van der Waals surface area contributed by atoms with Crippen LogP contribution in [0.25, 0.3) is 0 Å². The summed E-state index contributed by atoms with van der Waals surface area (Å²) in [5, 5.41) is 3.35. The number of carbonyl (C=O) groups is 1. The number of methoxy groups -OCH3 is 1. The van der Waals surface area contributed by atoms with Crippen molar-refractivity contribution in [2.75, 3.05) is 7.11 Å². The van der Waals surface area contributed by atoms with Gasteiger partial charge in [0.15, 0.2) is 11.6 Å². The molecule has 2 fully saturated rings. The van der Waals surface area contributed by atoms with Gasteiger partial charge in [-0.05, 0) is 48.8 Å². The number of nitrogens with one attached hydrogen (secondary N) is 1. The molecule has 4 atom stereocenters. The number of benzene rings is 1. The Morgan fingerprint density at radius 1 is 1.29 bits per heavy atom. The predicted octanol–water partition coefficient (Wildman–Crippen LogP) is 2.64. The minimum absolute atomic E-state index is 0.0734. The number of hydrogen-bond donors (Lipinski definition) is 1. The second-order valence-corrected chi connectivity index (χ2v) is 6.04. The number of fused-ring (bicyclic) bond motifs is 2. The molecular weight excluding hydrogens is 276 g/mol. The molecule has 2 unspecified atom stereocenters. The standard InChI is InChI=1S/C16H19F2NO2/c1-21-16(20)14-10-3-4-11(7-10)15(14)19-8-9-2-5-12(17)13(18)6-9/h2,5-6,10-11,14-15,19H,3-4,7-8H2,1H3/t10-,11+,14?,15?/m1/s1. The first-order chi connectivity index (χ1) is 10.1. The first-order valence-corrected chi connectivity index (χ1v) is 7.35. The van der Waals surface area contributed by atoms with E-state index in [2.05, 4.69) is 5.32 Å². The zero-order valence-corrected chi connectivity index (χ0v) is 11.9. The fraction of sp³-hybridized carbons (Fsp3) is 0.562. The Bertz CT molecular complexity index is 549. The number of halogens is 2. The van der Waals surface area contributed by atoms with E-state index in [0.29, 0.717) is 23.9 Å². The van der Waals surface area contributed by atoms with E-state index in [4.69, 9.17) is 4.74 Å². The van der Waals surface area contributed by atoms with E-state index in [-0.39, 0.29) is 17.9 Å². The Kier molecular flexibility index (Phi) is 3.93. The average Bonchev–Trinajstić information content (AvgIpc) is 3.08. The van der Waals surface area contributed by atoms with Crippen molar-refractivity contribution in [3.63, 3.8) is 0 Å². The lowest BCUT2D eigenvalue weighted by atomic mass is 9.84. The summed E-state index contributed by atoms with van der Waals surface area (Å²) in [6.07, 6.45) is 3.25. The molecular formula is C16H19F2NO2. The first-order valence-electron chi connectivity index (χ1n) is 7.35. The third-order valence-electron chi connectivity index (χ3n) is 4.92. The molecule has 3 nitrogen and oxygen atoms in total. The molecule has 3 rings (SSSR count). The van der Waals surface area contributed by atoms with E-state index in [1.165, 1.54) is 13.2 Å². The number of rotatable bonds is 4. The van der Waals surface area contributed by atoms with Crippen LogP contribution < -0.4 is 5.32 Å². The molecule has 5 heteroatoms. The van der Waals surface area contributed by atoms with Crippen molar-refractivity contribution in [2.45, 2.75) is 31.8 Å². The van der Waals surface area contributed by atoms with Crippen molar-refractivity contribution >= 4 is 5.97 Å². The van der Waals surface area contributed by atoms with Crippen LogP contribution in [0.15, 0.2) is 18.2 Å². The topological polar surface area (TPSA) is 38.3 Å². The van der Waals surface area contributed by atoms with Crippen LogP contribution in [-0.2, 0) is 16.1 Å². The minimum Gasteiger partial charge on any atom is -0.469 e. The molecule has 0 heterocycles. The first kappa shape index (κ1) is 14.4. The number of ether oxygens (including phenoxy) is 1. The maximum atomic E-state index is 13.2. The van der Waals surface area contributed by atoms with Gasteiger partial charge in [-0.15, -0.1) is 0 Å². The van der Waals surface area contributed by atoms with Crippen LogP contribution in [0.3, 0.4) is 0 Å². The highest BCUT2D eigenvalue weighted by molar-refractivity contribution is 5.74. The van der Waals surface area contributed by atoms with E-state index < -0.39 is 11.6 Å². The van der Waals surface area contributed by atoms with Gasteiger partial charge in [-0.25, -0.2) is 8.78 Å². The molecule has 2 saturated carbocycles. The minimum atomic E-state index is -0.842. The lowest BCUT2D eigenvalue weighted by molar-refractivity contribution is -0.148. The van der Waals surface area contributed by atoms with E-state index in [1.807, 2.05) is 0 Å². The molecule has 1 aromatic carbocycles. The van der Waals surface area contributed by atoms with Crippen LogP contribution in [0.1, 0.15) is 24.8 Å². The van der Waals surface area contributed by atoms with E-state index >= 15 is 0 Å². The lowest BCUT2D eigenvalue weighted by Gasteiger charge is -2.30. The summed E-state index contributed by atoms with van der Waals surface area (Å²) < 4.78 is 31.0. The Balaban J connectivity index is 1.68. The highest BCUT2D eigenvalue weighted by Crippen LogP contribution is 2.49. The zero-order valence-electron chi connectivity index (χ0n) is 11.9. The molecule has 0 saturated heterocycles. The number of hydrogen-bond acceptors (Lipinski definition) is 3. The average molecular weight is 295 g/mol. The van der Waals surface area contributed by atoms with Crippen molar-refractivity contribution in [3.8, 4) is 0 Å². The van der Waals surface area contributed by atoms with Crippen molar-refractivity contribution in [3.05, 3.63) is 35.4 Å². The molecule has 0 amide bonds. The molecule has 114 valence electrons. The van der Waals surface area contributed by atoms with Crippen LogP contribution in [0.2, 0.25) is 0 Å². The van der Waals surface area contributed by atoms with Gasteiger partial charge in [-0.1, -0.05) is 6.07 Å². The SMILES string of the molecule is COC(=O)C1C(NCc2ccc(F)c(F)c2)[C@H]2CC[C@@H]1C2. The fourth-order valence-electron chi connectivity index (χ4n) is 3.95.